The molecular weight excluding hydrogens is 266 g/mol. The van der Waals surface area contributed by atoms with Crippen molar-refractivity contribution in [3.8, 4) is 0 Å². The van der Waals surface area contributed by atoms with Gasteiger partial charge in [0.2, 0.25) is 0 Å². The number of unbranched alkanes of at least 4 members (excludes halogenated alkanes) is 1. The Morgan fingerprint density at radius 3 is 2.19 bits per heavy atom. The van der Waals surface area contributed by atoms with Crippen molar-refractivity contribution in [1.29, 1.82) is 0 Å². The molecule has 4 heteroatoms. The normalized spacial score (nSPS) is 31.1. The lowest BCUT2D eigenvalue weighted by molar-refractivity contribution is 0.00945. The molecule has 2 bridgehead atoms. The number of hydrogen-bond donors (Lipinski definition) is 1. The number of hydrogen-bond acceptors (Lipinski definition) is 4. The van der Waals surface area contributed by atoms with Gasteiger partial charge in [0, 0.05) is 18.8 Å². The predicted octanol–water partition coefficient (Wildman–Crippen LogP) is 2.74. The Kier molecular flexibility index (Phi) is 7.44. The third-order valence-corrected chi connectivity index (χ3v) is 5.12. The van der Waals surface area contributed by atoms with E-state index in [1.807, 2.05) is 0 Å². The molecule has 4 nitrogen and oxygen atoms in total. The fourth-order valence-corrected chi connectivity index (χ4v) is 3.84. The van der Waals surface area contributed by atoms with Crippen LogP contribution in [0.3, 0.4) is 0 Å². The molecule has 0 aromatic rings. The zero-order valence-electron chi connectivity index (χ0n) is 13.6. The second kappa shape index (κ2) is 9.09. The minimum absolute atomic E-state index is 0.0664. The van der Waals surface area contributed by atoms with Crippen LogP contribution in [0.15, 0.2) is 0 Å². The molecule has 3 atom stereocenters. The first-order chi connectivity index (χ1) is 10.2. The SMILES string of the molecule is CCCCOCCOCCOCCC1(N)CC2CCC1C2. The minimum atomic E-state index is 0.0664. The van der Waals surface area contributed by atoms with Gasteiger partial charge in [-0.05, 0) is 43.9 Å². The highest BCUT2D eigenvalue weighted by Crippen LogP contribution is 2.50. The first-order valence-corrected chi connectivity index (χ1v) is 8.76. The summed E-state index contributed by atoms with van der Waals surface area (Å²) in [6, 6.07) is 0. The van der Waals surface area contributed by atoms with Crippen LogP contribution in [-0.2, 0) is 14.2 Å². The predicted molar refractivity (Wildman–Crippen MR) is 84.3 cm³/mol. The zero-order valence-corrected chi connectivity index (χ0v) is 13.6. The van der Waals surface area contributed by atoms with Crippen LogP contribution >= 0.6 is 0 Å². The monoisotopic (exact) mass is 299 g/mol. The molecular formula is C17H33NO3. The number of ether oxygens (including phenoxy) is 3. The van der Waals surface area contributed by atoms with Crippen LogP contribution < -0.4 is 5.73 Å². The van der Waals surface area contributed by atoms with Gasteiger partial charge in [0.1, 0.15) is 0 Å². The van der Waals surface area contributed by atoms with E-state index < -0.39 is 0 Å². The molecule has 21 heavy (non-hydrogen) atoms. The molecule has 0 amide bonds. The number of rotatable bonds is 12. The molecule has 124 valence electrons. The summed E-state index contributed by atoms with van der Waals surface area (Å²) in [5.41, 5.74) is 6.60. The summed E-state index contributed by atoms with van der Waals surface area (Å²) in [6.07, 6.45) is 8.63. The highest BCUT2D eigenvalue weighted by atomic mass is 16.5. The van der Waals surface area contributed by atoms with Gasteiger partial charge in [-0.25, -0.2) is 0 Å². The first-order valence-electron chi connectivity index (χ1n) is 8.76. The van der Waals surface area contributed by atoms with E-state index >= 15 is 0 Å². The van der Waals surface area contributed by atoms with Crippen molar-refractivity contribution in [2.75, 3.05) is 39.6 Å². The van der Waals surface area contributed by atoms with Crippen LogP contribution in [0.5, 0.6) is 0 Å². The zero-order chi connectivity index (χ0) is 15.0. The molecule has 2 fully saturated rings. The highest BCUT2D eigenvalue weighted by molar-refractivity contribution is 5.04. The van der Waals surface area contributed by atoms with Crippen molar-refractivity contribution in [3.63, 3.8) is 0 Å². The average Bonchev–Trinajstić information content (AvgIpc) is 3.05. The average molecular weight is 299 g/mol. The molecule has 0 spiro atoms. The molecule has 2 aliphatic carbocycles. The van der Waals surface area contributed by atoms with Gasteiger partial charge in [-0.2, -0.15) is 0 Å². The topological polar surface area (TPSA) is 53.7 Å². The van der Waals surface area contributed by atoms with E-state index in [9.17, 15) is 0 Å². The van der Waals surface area contributed by atoms with Crippen LogP contribution in [-0.4, -0.2) is 45.2 Å². The van der Waals surface area contributed by atoms with E-state index in [-0.39, 0.29) is 5.54 Å². The maximum absolute atomic E-state index is 6.54. The third-order valence-electron chi connectivity index (χ3n) is 5.12. The summed E-state index contributed by atoms with van der Waals surface area (Å²) < 4.78 is 16.6. The Hall–Kier alpha value is -0.160. The summed E-state index contributed by atoms with van der Waals surface area (Å²) >= 11 is 0. The lowest BCUT2D eigenvalue weighted by atomic mass is 9.80. The van der Waals surface area contributed by atoms with Gasteiger partial charge in [-0.15, -0.1) is 0 Å². The van der Waals surface area contributed by atoms with E-state index in [1.165, 1.54) is 32.1 Å². The van der Waals surface area contributed by atoms with Gasteiger partial charge < -0.3 is 19.9 Å². The molecule has 2 saturated carbocycles. The molecule has 0 saturated heterocycles. The Morgan fingerprint density at radius 1 is 0.952 bits per heavy atom. The van der Waals surface area contributed by atoms with E-state index in [0.717, 1.165) is 37.9 Å². The summed E-state index contributed by atoms with van der Waals surface area (Å²) in [7, 11) is 0. The van der Waals surface area contributed by atoms with Gasteiger partial charge in [0.25, 0.3) is 0 Å². The molecule has 0 aliphatic heterocycles. The fourth-order valence-electron chi connectivity index (χ4n) is 3.84. The maximum atomic E-state index is 6.54. The van der Waals surface area contributed by atoms with Crippen molar-refractivity contribution in [1.82, 2.24) is 0 Å². The smallest absolute Gasteiger partial charge is 0.0701 e. The molecule has 2 aliphatic rings. The Bertz CT molecular complexity index is 287. The fraction of sp³-hybridized carbons (Fsp3) is 1.00. The molecule has 0 aromatic carbocycles. The molecule has 2 rings (SSSR count). The van der Waals surface area contributed by atoms with Crippen molar-refractivity contribution < 1.29 is 14.2 Å². The van der Waals surface area contributed by atoms with Gasteiger partial charge >= 0.3 is 0 Å². The minimum Gasteiger partial charge on any atom is -0.379 e. The molecule has 0 aromatic heterocycles. The number of nitrogens with two attached hydrogens (primary N) is 1. The van der Waals surface area contributed by atoms with Crippen LogP contribution in [0.25, 0.3) is 0 Å². The van der Waals surface area contributed by atoms with E-state index in [2.05, 4.69) is 6.92 Å². The summed E-state index contributed by atoms with van der Waals surface area (Å²) in [5, 5.41) is 0. The van der Waals surface area contributed by atoms with E-state index in [1.54, 1.807) is 0 Å². The lowest BCUT2D eigenvalue weighted by Crippen LogP contribution is -2.45. The van der Waals surface area contributed by atoms with Crippen LogP contribution in [0.1, 0.15) is 51.9 Å². The maximum Gasteiger partial charge on any atom is 0.0701 e. The van der Waals surface area contributed by atoms with Gasteiger partial charge in [0.05, 0.1) is 26.4 Å². The lowest BCUT2D eigenvalue weighted by Gasteiger charge is -2.33. The van der Waals surface area contributed by atoms with Gasteiger partial charge in [-0.3, -0.25) is 0 Å². The van der Waals surface area contributed by atoms with Gasteiger partial charge in [0.15, 0.2) is 0 Å². The molecule has 0 heterocycles. The van der Waals surface area contributed by atoms with Crippen LogP contribution in [0.4, 0.5) is 0 Å². The van der Waals surface area contributed by atoms with Crippen molar-refractivity contribution in [3.05, 3.63) is 0 Å². The highest BCUT2D eigenvalue weighted by Gasteiger charge is 2.47. The number of fused-ring (bicyclic) bond motifs is 2. The summed E-state index contributed by atoms with van der Waals surface area (Å²) in [6.45, 7) is 6.46. The third kappa shape index (κ3) is 5.51. The standard InChI is InChI=1S/C17H33NO3/c1-2-3-7-19-9-11-21-12-10-20-8-6-17(18)14-15-4-5-16(17)13-15/h15-16H,2-14,18H2,1H3. The van der Waals surface area contributed by atoms with Crippen LogP contribution in [0, 0.1) is 11.8 Å². The quantitative estimate of drug-likeness (QED) is 0.563. The Balaban J connectivity index is 1.37. The van der Waals surface area contributed by atoms with Gasteiger partial charge in [-0.1, -0.05) is 19.8 Å². The van der Waals surface area contributed by atoms with Crippen molar-refractivity contribution in [2.45, 2.75) is 57.4 Å². The second-order valence-corrected chi connectivity index (χ2v) is 6.75. The second-order valence-electron chi connectivity index (χ2n) is 6.75. The summed E-state index contributed by atoms with van der Waals surface area (Å²) in [4.78, 5) is 0. The molecule has 2 N–H and O–H groups in total. The molecule has 0 radical (unpaired) electrons. The summed E-state index contributed by atoms with van der Waals surface area (Å²) in [5.74, 6) is 1.65. The van der Waals surface area contributed by atoms with Crippen LogP contribution in [0.2, 0.25) is 0 Å². The van der Waals surface area contributed by atoms with Crippen molar-refractivity contribution >= 4 is 0 Å². The molecule has 3 unspecified atom stereocenters. The van der Waals surface area contributed by atoms with E-state index in [0.29, 0.717) is 26.4 Å². The van der Waals surface area contributed by atoms with E-state index in [4.69, 9.17) is 19.9 Å². The first kappa shape index (κ1) is 17.2. The van der Waals surface area contributed by atoms with Crippen molar-refractivity contribution in [2.24, 2.45) is 17.6 Å². The Morgan fingerprint density at radius 2 is 1.62 bits per heavy atom. The Labute approximate surface area is 129 Å². The largest absolute Gasteiger partial charge is 0.379 e.